The Kier molecular flexibility index (Phi) is 7.90. The predicted octanol–water partition coefficient (Wildman–Crippen LogP) is 5.11. The van der Waals surface area contributed by atoms with Gasteiger partial charge in [-0.05, 0) is 61.1 Å². The number of carbonyl (C=O) groups excluding carboxylic acids is 2. The number of hydrogen-bond acceptors (Lipinski definition) is 4. The number of amides is 2. The molecule has 1 aliphatic carbocycles. The van der Waals surface area contributed by atoms with E-state index in [0.29, 0.717) is 24.6 Å². The average Bonchev–Trinajstić information content (AvgIpc) is 3.72. The first-order valence-electron chi connectivity index (χ1n) is 13.2. The molecule has 2 aromatic carbocycles. The quantitative estimate of drug-likeness (QED) is 0.427. The summed E-state index contributed by atoms with van der Waals surface area (Å²) in [5.41, 5.74) is 3.05. The van der Waals surface area contributed by atoms with Gasteiger partial charge in [0.05, 0.1) is 13.2 Å². The van der Waals surface area contributed by atoms with Gasteiger partial charge in [0.25, 0.3) is 5.91 Å². The molecule has 194 valence electrons. The lowest BCUT2D eigenvalue weighted by atomic mass is 10.0. The Labute approximate surface area is 218 Å². The van der Waals surface area contributed by atoms with Crippen LogP contribution in [0.5, 0.6) is 5.75 Å². The van der Waals surface area contributed by atoms with Crippen LogP contribution in [0, 0.1) is 0 Å². The molecule has 2 aliphatic rings. The highest BCUT2D eigenvalue weighted by Gasteiger charge is 2.36. The normalized spacial score (nSPS) is 18.5. The molecule has 1 saturated heterocycles. The number of hydrogen-bond donors (Lipinski definition) is 2. The highest BCUT2D eigenvalue weighted by Crippen LogP contribution is 2.29. The van der Waals surface area contributed by atoms with Crippen LogP contribution in [0.1, 0.15) is 60.6 Å². The summed E-state index contributed by atoms with van der Waals surface area (Å²) >= 11 is 0. The van der Waals surface area contributed by atoms with E-state index in [1.807, 2.05) is 60.7 Å². The topological polar surface area (TPSA) is 83.7 Å². The van der Waals surface area contributed by atoms with Crippen LogP contribution in [0.15, 0.2) is 66.7 Å². The molecule has 1 aromatic heterocycles. The van der Waals surface area contributed by atoms with Gasteiger partial charge < -0.3 is 24.7 Å². The van der Waals surface area contributed by atoms with E-state index in [9.17, 15) is 9.59 Å². The number of nitrogens with one attached hydrogen (secondary N) is 2. The van der Waals surface area contributed by atoms with Gasteiger partial charge in [0.15, 0.2) is 0 Å². The monoisotopic (exact) mass is 501 g/mol. The molecule has 0 radical (unpaired) electrons. The largest absolute Gasteiger partial charge is 0.497 e. The van der Waals surface area contributed by atoms with Crippen LogP contribution in [-0.4, -0.2) is 54.1 Å². The third kappa shape index (κ3) is 5.88. The van der Waals surface area contributed by atoms with Crippen LogP contribution in [0.2, 0.25) is 0 Å². The van der Waals surface area contributed by atoms with Crippen LogP contribution >= 0.6 is 0 Å². The highest BCUT2D eigenvalue weighted by molar-refractivity contribution is 5.97. The molecule has 2 N–H and O–H groups in total. The standard InChI is InChI=1S/C30H35N3O4/c1-36-24-15-13-22(14-16-24)28(29(34)31-23-10-5-6-11-23)33(20-25-12-7-19-37-25)30(35)27-18-17-26(32-27)21-8-3-2-4-9-21/h2-4,8-9,13-18,23,25,28,32H,5-7,10-12,19-20H2,1H3,(H,31,34). The van der Waals surface area contributed by atoms with Crippen molar-refractivity contribution in [1.29, 1.82) is 0 Å². The zero-order valence-electron chi connectivity index (χ0n) is 21.3. The van der Waals surface area contributed by atoms with Gasteiger partial charge in [0, 0.05) is 24.9 Å². The molecular weight excluding hydrogens is 466 g/mol. The van der Waals surface area contributed by atoms with Crippen molar-refractivity contribution in [2.24, 2.45) is 0 Å². The van der Waals surface area contributed by atoms with E-state index in [1.54, 1.807) is 18.1 Å². The molecule has 5 rings (SSSR count). The fourth-order valence-corrected chi connectivity index (χ4v) is 5.38. The Balaban J connectivity index is 1.49. The highest BCUT2D eigenvalue weighted by atomic mass is 16.5. The minimum atomic E-state index is -0.785. The number of benzene rings is 2. The van der Waals surface area contributed by atoms with Crippen molar-refractivity contribution in [3.8, 4) is 17.0 Å². The van der Waals surface area contributed by atoms with E-state index in [0.717, 1.165) is 55.3 Å². The van der Waals surface area contributed by atoms with Crippen LogP contribution in [0.4, 0.5) is 0 Å². The van der Waals surface area contributed by atoms with Crippen LogP contribution < -0.4 is 10.1 Å². The zero-order chi connectivity index (χ0) is 25.6. The van der Waals surface area contributed by atoms with E-state index >= 15 is 0 Å². The lowest BCUT2D eigenvalue weighted by Crippen LogP contribution is -2.48. The summed E-state index contributed by atoms with van der Waals surface area (Å²) in [6, 6.07) is 20.4. The third-order valence-electron chi connectivity index (χ3n) is 7.38. The van der Waals surface area contributed by atoms with E-state index in [-0.39, 0.29) is 24.0 Å². The van der Waals surface area contributed by atoms with Crippen LogP contribution in [0.25, 0.3) is 11.3 Å². The molecule has 3 aromatic rings. The molecule has 2 fully saturated rings. The van der Waals surface area contributed by atoms with Crippen molar-refractivity contribution in [3.63, 3.8) is 0 Å². The zero-order valence-corrected chi connectivity index (χ0v) is 21.3. The molecule has 2 amide bonds. The predicted molar refractivity (Wildman–Crippen MR) is 142 cm³/mol. The number of methoxy groups -OCH3 is 1. The van der Waals surface area contributed by atoms with Crippen LogP contribution in [-0.2, 0) is 9.53 Å². The molecule has 7 nitrogen and oxygen atoms in total. The van der Waals surface area contributed by atoms with Gasteiger partial charge in [-0.1, -0.05) is 55.3 Å². The van der Waals surface area contributed by atoms with Crippen molar-refractivity contribution in [1.82, 2.24) is 15.2 Å². The minimum absolute atomic E-state index is 0.104. The smallest absolute Gasteiger partial charge is 0.271 e. The molecule has 2 heterocycles. The van der Waals surface area contributed by atoms with Gasteiger partial charge in [-0.3, -0.25) is 9.59 Å². The number of rotatable bonds is 9. The fraction of sp³-hybridized carbons (Fsp3) is 0.400. The Morgan fingerprint density at radius 3 is 2.43 bits per heavy atom. The van der Waals surface area contributed by atoms with Crippen molar-refractivity contribution in [2.75, 3.05) is 20.3 Å². The molecule has 2 unspecified atom stereocenters. The minimum Gasteiger partial charge on any atom is -0.497 e. The second kappa shape index (κ2) is 11.6. The van der Waals surface area contributed by atoms with E-state index in [1.165, 1.54) is 0 Å². The maximum atomic E-state index is 14.1. The second-order valence-electron chi connectivity index (χ2n) is 9.91. The summed E-state index contributed by atoms with van der Waals surface area (Å²) in [6.45, 7) is 1.02. The summed E-state index contributed by atoms with van der Waals surface area (Å²) in [7, 11) is 1.61. The number of H-pyrrole nitrogens is 1. The molecule has 7 heteroatoms. The molecule has 1 saturated carbocycles. The summed E-state index contributed by atoms with van der Waals surface area (Å²) in [4.78, 5) is 32.9. The van der Waals surface area contributed by atoms with Gasteiger partial charge in [-0.15, -0.1) is 0 Å². The van der Waals surface area contributed by atoms with Gasteiger partial charge in [-0.25, -0.2) is 0 Å². The summed E-state index contributed by atoms with van der Waals surface area (Å²) in [6.07, 6.45) is 5.88. The number of carbonyl (C=O) groups is 2. The molecule has 37 heavy (non-hydrogen) atoms. The first-order valence-corrected chi connectivity index (χ1v) is 13.2. The number of ether oxygens (including phenoxy) is 2. The maximum Gasteiger partial charge on any atom is 0.271 e. The number of aromatic amines is 1. The van der Waals surface area contributed by atoms with E-state index in [4.69, 9.17) is 9.47 Å². The lowest BCUT2D eigenvalue weighted by Gasteiger charge is -2.33. The van der Waals surface area contributed by atoms with Gasteiger partial charge in [0.1, 0.15) is 17.5 Å². The fourth-order valence-electron chi connectivity index (χ4n) is 5.38. The van der Waals surface area contributed by atoms with E-state index in [2.05, 4.69) is 10.3 Å². The van der Waals surface area contributed by atoms with Gasteiger partial charge in [0.2, 0.25) is 5.91 Å². The summed E-state index contributed by atoms with van der Waals surface area (Å²) < 4.78 is 11.3. The molecule has 1 aliphatic heterocycles. The Morgan fingerprint density at radius 2 is 1.76 bits per heavy atom. The van der Waals surface area contributed by atoms with Crippen LogP contribution in [0.3, 0.4) is 0 Å². The van der Waals surface area contributed by atoms with Gasteiger partial charge >= 0.3 is 0 Å². The van der Waals surface area contributed by atoms with E-state index < -0.39 is 6.04 Å². The second-order valence-corrected chi connectivity index (χ2v) is 9.91. The Hall–Kier alpha value is -3.58. The molecule has 0 bridgehead atoms. The average molecular weight is 502 g/mol. The number of aromatic nitrogens is 1. The third-order valence-corrected chi connectivity index (χ3v) is 7.38. The first-order chi connectivity index (χ1) is 18.1. The first kappa shape index (κ1) is 25.1. The maximum absolute atomic E-state index is 14.1. The lowest BCUT2D eigenvalue weighted by molar-refractivity contribution is -0.127. The van der Waals surface area contributed by atoms with Gasteiger partial charge in [-0.2, -0.15) is 0 Å². The van der Waals surface area contributed by atoms with Crippen molar-refractivity contribution < 1.29 is 19.1 Å². The molecular formula is C30H35N3O4. The summed E-state index contributed by atoms with van der Waals surface area (Å²) in [5.74, 6) is 0.325. The van der Waals surface area contributed by atoms with Crippen molar-refractivity contribution in [2.45, 2.75) is 56.7 Å². The molecule has 2 atom stereocenters. The Bertz CT molecular complexity index is 1180. The number of nitrogens with zero attached hydrogens (tertiary/aromatic N) is 1. The SMILES string of the molecule is COc1ccc(C(C(=O)NC2CCCC2)N(CC2CCCO2)C(=O)c2ccc(-c3ccccc3)[nH]2)cc1. The van der Waals surface area contributed by atoms with Crippen molar-refractivity contribution >= 4 is 11.8 Å². The summed E-state index contributed by atoms with van der Waals surface area (Å²) in [5, 5.41) is 3.23. The van der Waals surface area contributed by atoms with Crippen molar-refractivity contribution in [3.05, 3.63) is 78.0 Å². The molecule has 0 spiro atoms. The Morgan fingerprint density at radius 1 is 1.00 bits per heavy atom.